The van der Waals surface area contributed by atoms with Gasteiger partial charge in [0.1, 0.15) is 5.82 Å². The van der Waals surface area contributed by atoms with Gasteiger partial charge in [0.05, 0.1) is 22.8 Å². The molecule has 3 heterocycles. The van der Waals surface area contributed by atoms with E-state index in [2.05, 4.69) is 30.5 Å². The molecule has 5 rings (SSSR count). The Balaban J connectivity index is 1.42. The van der Waals surface area contributed by atoms with Crippen LogP contribution in [0.4, 0.5) is 16.0 Å². The molecule has 2 aromatic carbocycles. The zero-order valence-corrected chi connectivity index (χ0v) is 19.1. The number of pyridine rings is 1. The highest BCUT2D eigenvalue weighted by atomic mass is 35.5. The molecule has 4 aromatic rings. The Morgan fingerprint density at radius 2 is 1.91 bits per heavy atom. The minimum Gasteiger partial charge on any atom is -0.395 e. The van der Waals surface area contributed by atoms with Gasteiger partial charge in [-0.15, -0.1) is 0 Å². The first-order valence-electron chi connectivity index (χ1n) is 11.1. The first-order chi connectivity index (χ1) is 16.6. The number of benzene rings is 2. The Bertz CT molecular complexity index is 1300. The fourth-order valence-electron chi connectivity index (χ4n) is 4.12. The second-order valence-corrected chi connectivity index (χ2v) is 8.62. The van der Waals surface area contributed by atoms with E-state index in [0.29, 0.717) is 35.3 Å². The first-order valence-corrected chi connectivity index (χ1v) is 11.5. The number of piperazine rings is 1. The van der Waals surface area contributed by atoms with E-state index in [1.165, 1.54) is 6.07 Å². The average Bonchev–Trinajstić information content (AvgIpc) is 2.89. The summed E-state index contributed by atoms with van der Waals surface area (Å²) in [6.45, 7) is 2.60. The number of aliphatic hydroxyl groups is 1. The van der Waals surface area contributed by atoms with Gasteiger partial charge in [0.2, 0.25) is 5.95 Å². The summed E-state index contributed by atoms with van der Waals surface area (Å²) in [7, 11) is 0. The van der Waals surface area contributed by atoms with Crippen LogP contribution in [0.5, 0.6) is 0 Å². The molecule has 2 aromatic heterocycles. The Labute approximate surface area is 201 Å². The Kier molecular flexibility index (Phi) is 6.53. The summed E-state index contributed by atoms with van der Waals surface area (Å²) in [5.74, 6) is 0.374. The van der Waals surface area contributed by atoms with Gasteiger partial charge in [-0.05, 0) is 23.8 Å². The van der Waals surface area contributed by atoms with Crippen LogP contribution in [0.2, 0.25) is 5.02 Å². The van der Waals surface area contributed by atoms with Crippen molar-refractivity contribution >= 4 is 34.1 Å². The predicted molar refractivity (Wildman–Crippen MR) is 133 cm³/mol. The molecule has 34 heavy (non-hydrogen) atoms. The summed E-state index contributed by atoms with van der Waals surface area (Å²) in [5.41, 5.74) is 3.81. The number of hydrogen-bond acceptors (Lipinski definition) is 7. The van der Waals surface area contributed by atoms with Crippen molar-refractivity contribution in [1.29, 1.82) is 0 Å². The Morgan fingerprint density at radius 3 is 2.71 bits per heavy atom. The zero-order chi connectivity index (χ0) is 23.5. The third kappa shape index (κ3) is 4.65. The standard InChI is InChI=1S/C25H24ClFN6O/c26-21-13-29-23-6-5-16(9-20(23)24(21)30-10-17-3-1-2-4-22(17)27)18-11-31-25(32-12-18)33-8-7-28-19(14-33)15-34/h1-6,9,11-13,19,28,34H,7-8,10,14-15H2,(H,29,30). The third-order valence-electron chi connectivity index (χ3n) is 5.97. The van der Waals surface area contributed by atoms with Gasteiger partial charge in [0.25, 0.3) is 0 Å². The number of rotatable bonds is 6. The van der Waals surface area contributed by atoms with Crippen molar-refractivity contribution in [1.82, 2.24) is 20.3 Å². The summed E-state index contributed by atoms with van der Waals surface area (Å²) in [4.78, 5) is 15.6. The predicted octanol–water partition coefficient (Wildman–Crippen LogP) is 3.87. The number of nitrogens with one attached hydrogen (secondary N) is 2. The maximum Gasteiger partial charge on any atom is 0.225 e. The highest BCUT2D eigenvalue weighted by Crippen LogP contribution is 2.33. The molecular weight excluding hydrogens is 455 g/mol. The van der Waals surface area contributed by atoms with Gasteiger partial charge < -0.3 is 20.6 Å². The van der Waals surface area contributed by atoms with E-state index in [9.17, 15) is 9.50 Å². The summed E-state index contributed by atoms with van der Waals surface area (Å²) >= 11 is 6.47. The Hall–Kier alpha value is -3.33. The molecule has 1 aliphatic rings. The van der Waals surface area contributed by atoms with E-state index in [4.69, 9.17) is 11.6 Å². The van der Waals surface area contributed by atoms with Gasteiger partial charge in [-0.3, -0.25) is 4.98 Å². The van der Waals surface area contributed by atoms with E-state index >= 15 is 0 Å². The van der Waals surface area contributed by atoms with Crippen molar-refractivity contribution in [3.05, 3.63) is 77.5 Å². The SMILES string of the molecule is OCC1CN(c2ncc(-c3ccc4ncc(Cl)c(NCc5ccccc5F)c4c3)cn2)CCN1. The van der Waals surface area contributed by atoms with Gasteiger partial charge in [-0.25, -0.2) is 14.4 Å². The molecule has 0 spiro atoms. The van der Waals surface area contributed by atoms with Crippen LogP contribution in [0.15, 0.2) is 61.1 Å². The van der Waals surface area contributed by atoms with Crippen LogP contribution in [-0.4, -0.2) is 52.3 Å². The second-order valence-electron chi connectivity index (χ2n) is 8.21. The van der Waals surface area contributed by atoms with Crippen LogP contribution in [-0.2, 0) is 6.54 Å². The van der Waals surface area contributed by atoms with Gasteiger partial charge in [-0.2, -0.15) is 0 Å². The van der Waals surface area contributed by atoms with Crippen LogP contribution in [0.3, 0.4) is 0 Å². The molecule has 0 bridgehead atoms. The summed E-state index contributed by atoms with van der Waals surface area (Å²) in [6, 6.07) is 12.5. The molecule has 0 radical (unpaired) electrons. The molecule has 1 saturated heterocycles. The number of nitrogens with zero attached hydrogens (tertiary/aromatic N) is 4. The van der Waals surface area contributed by atoms with E-state index in [0.717, 1.165) is 35.1 Å². The monoisotopic (exact) mass is 478 g/mol. The smallest absolute Gasteiger partial charge is 0.225 e. The van der Waals surface area contributed by atoms with E-state index in [1.54, 1.807) is 36.8 Å². The summed E-state index contributed by atoms with van der Waals surface area (Å²) < 4.78 is 14.1. The van der Waals surface area contributed by atoms with Crippen LogP contribution >= 0.6 is 11.6 Å². The molecule has 0 aliphatic carbocycles. The number of anilines is 2. The van der Waals surface area contributed by atoms with Gasteiger partial charge >= 0.3 is 0 Å². The lowest BCUT2D eigenvalue weighted by Gasteiger charge is -2.32. The number of fused-ring (bicyclic) bond motifs is 1. The quantitative estimate of drug-likeness (QED) is 0.388. The van der Waals surface area contributed by atoms with Crippen LogP contribution in [0.1, 0.15) is 5.56 Å². The van der Waals surface area contributed by atoms with Gasteiger partial charge in [-0.1, -0.05) is 35.9 Å². The molecule has 1 fully saturated rings. The minimum absolute atomic E-state index is 0.0186. The number of halogens is 2. The highest BCUT2D eigenvalue weighted by molar-refractivity contribution is 6.34. The van der Waals surface area contributed by atoms with Crippen molar-refractivity contribution < 1.29 is 9.50 Å². The number of aromatic nitrogens is 3. The molecular formula is C25H24ClFN6O. The topological polar surface area (TPSA) is 86.2 Å². The minimum atomic E-state index is -0.266. The fourth-order valence-corrected chi connectivity index (χ4v) is 4.33. The van der Waals surface area contributed by atoms with Gasteiger partial charge in [0, 0.05) is 67.3 Å². The number of aliphatic hydroxyl groups excluding tert-OH is 1. The van der Waals surface area contributed by atoms with Crippen molar-refractivity contribution in [3.8, 4) is 11.1 Å². The highest BCUT2D eigenvalue weighted by Gasteiger charge is 2.20. The lowest BCUT2D eigenvalue weighted by molar-refractivity contribution is 0.235. The van der Waals surface area contributed by atoms with E-state index < -0.39 is 0 Å². The lowest BCUT2D eigenvalue weighted by Crippen LogP contribution is -2.52. The number of hydrogen-bond donors (Lipinski definition) is 3. The molecule has 1 unspecified atom stereocenters. The van der Waals surface area contributed by atoms with Crippen LogP contribution in [0, 0.1) is 5.82 Å². The molecule has 174 valence electrons. The normalized spacial score (nSPS) is 16.1. The van der Waals surface area contributed by atoms with Crippen molar-refractivity contribution in [2.24, 2.45) is 0 Å². The maximum absolute atomic E-state index is 14.1. The summed E-state index contributed by atoms with van der Waals surface area (Å²) in [6.07, 6.45) is 5.19. The lowest BCUT2D eigenvalue weighted by atomic mass is 10.0. The van der Waals surface area contributed by atoms with Crippen molar-refractivity contribution in [3.63, 3.8) is 0 Å². The molecule has 0 amide bonds. The molecule has 7 nitrogen and oxygen atoms in total. The molecule has 0 saturated carbocycles. The molecule has 3 N–H and O–H groups in total. The molecule has 9 heteroatoms. The second kappa shape index (κ2) is 9.89. The van der Waals surface area contributed by atoms with Crippen LogP contribution < -0.4 is 15.5 Å². The van der Waals surface area contributed by atoms with Crippen molar-refractivity contribution in [2.45, 2.75) is 12.6 Å². The summed E-state index contributed by atoms with van der Waals surface area (Å²) in [5, 5.41) is 17.3. The Morgan fingerprint density at radius 1 is 1.09 bits per heavy atom. The molecule has 1 aliphatic heterocycles. The van der Waals surface area contributed by atoms with Crippen LogP contribution in [0.25, 0.3) is 22.0 Å². The zero-order valence-electron chi connectivity index (χ0n) is 18.4. The maximum atomic E-state index is 14.1. The van der Waals surface area contributed by atoms with Crippen molar-refractivity contribution in [2.75, 3.05) is 36.5 Å². The average molecular weight is 479 g/mol. The van der Waals surface area contributed by atoms with Gasteiger partial charge in [0.15, 0.2) is 0 Å². The molecule has 1 atom stereocenters. The van der Waals surface area contributed by atoms with E-state index in [-0.39, 0.29) is 18.5 Å². The first kappa shape index (κ1) is 22.5. The fraction of sp³-hybridized carbons (Fsp3) is 0.240. The largest absolute Gasteiger partial charge is 0.395 e. The third-order valence-corrected chi connectivity index (χ3v) is 6.25. The van der Waals surface area contributed by atoms with E-state index in [1.807, 2.05) is 18.2 Å².